The molecule has 1 aliphatic heterocycles. The van der Waals surface area contributed by atoms with Gasteiger partial charge in [-0.1, -0.05) is 6.92 Å². The second-order valence-electron chi connectivity index (χ2n) is 3.88. The molecule has 0 spiro atoms. The van der Waals surface area contributed by atoms with E-state index in [4.69, 9.17) is 10.8 Å². The fourth-order valence-electron chi connectivity index (χ4n) is 1.87. The van der Waals surface area contributed by atoms with Gasteiger partial charge in [0.1, 0.15) is 0 Å². The van der Waals surface area contributed by atoms with Crippen molar-refractivity contribution in [1.29, 1.82) is 0 Å². The molecule has 1 heterocycles. The molecule has 82 valence electrons. The van der Waals surface area contributed by atoms with Crippen LogP contribution in [0, 0.1) is 0 Å². The van der Waals surface area contributed by atoms with Gasteiger partial charge in [0.2, 0.25) is 5.91 Å². The molecule has 0 aromatic carbocycles. The summed E-state index contributed by atoms with van der Waals surface area (Å²) in [5.74, 6) is -0.00810. The van der Waals surface area contributed by atoms with Crippen LogP contribution in [0.2, 0.25) is 0 Å². The highest BCUT2D eigenvalue weighted by Gasteiger charge is 2.28. The maximum Gasteiger partial charge on any atom is 0.239 e. The molecule has 0 bridgehead atoms. The van der Waals surface area contributed by atoms with E-state index in [1.54, 1.807) is 4.90 Å². The van der Waals surface area contributed by atoms with E-state index in [9.17, 15) is 4.79 Å². The lowest BCUT2D eigenvalue weighted by molar-refractivity contribution is -0.137. The molecule has 0 saturated carbocycles. The molecule has 0 radical (unpaired) electrons. The molecule has 14 heavy (non-hydrogen) atoms. The Balaban J connectivity index is 2.58. The first-order valence-electron chi connectivity index (χ1n) is 5.37. The van der Waals surface area contributed by atoms with Crippen LogP contribution in [0.5, 0.6) is 0 Å². The summed E-state index contributed by atoms with van der Waals surface area (Å²) in [5, 5.41) is 9.13. The smallest absolute Gasteiger partial charge is 0.239 e. The van der Waals surface area contributed by atoms with Crippen LogP contribution in [0.3, 0.4) is 0 Å². The van der Waals surface area contributed by atoms with E-state index in [2.05, 4.69) is 0 Å². The molecule has 1 aliphatic rings. The zero-order valence-corrected chi connectivity index (χ0v) is 8.78. The van der Waals surface area contributed by atoms with Crippen molar-refractivity contribution < 1.29 is 9.90 Å². The van der Waals surface area contributed by atoms with Gasteiger partial charge in [0.05, 0.1) is 18.7 Å². The summed E-state index contributed by atoms with van der Waals surface area (Å²) in [6.07, 6.45) is 3.68. The van der Waals surface area contributed by atoms with Gasteiger partial charge in [-0.25, -0.2) is 0 Å². The van der Waals surface area contributed by atoms with Crippen molar-refractivity contribution in [2.24, 2.45) is 5.73 Å². The Morgan fingerprint density at radius 1 is 1.64 bits per heavy atom. The average Bonchev–Trinajstić information content (AvgIpc) is 2.26. The van der Waals surface area contributed by atoms with E-state index < -0.39 is 6.04 Å². The largest absolute Gasteiger partial charge is 0.394 e. The standard InChI is InChI=1S/C10H20N2O2/c1-2-9(11)10(14)12-6-4-3-5-8(12)7-13/h8-9,13H,2-7,11H2,1H3. The Morgan fingerprint density at radius 3 is 2.93 bits per heavy atom. The van der Waals surface area contributed by atoms with Crippen LogP contribution in [0.4, 0.5) is 0 Å². The number of amides is 1. The number of aliphatic hydroxyl groups excluding tert-OH is 1. The molecule has 0 aromatic heterocycles. The van der Waals surface area contributed by atoms with Crippen molar-refractivity contribution in [1.82, 2.24) is 4.90 Å². The highest BCUT2D eigenvalue weighted by Crippen LogP contribution is 2.17. The molecule has 0 aliphatic carbocycles. The van der Waals surface area contributed by atoms with Crippen molar-refractivity contribution in [2.75, 3.05) is 13.2 Å². The van der Waals surface area contributed by atoms with Crippen LogP contribution in [-0.2, 0) is 4.79 Å². The van der Waals surface area contributed by atoms with Gasteiger partial charge in [-0.05, 0) is 25.7 Å². The molecule has 1 rings (SSSR count). The molecule has 4 nitrogen and oxygen atoms in total. The van der Waals surface area contributed by atoms with E-state index in [0.29, 0.717) is 6.42 Å². The van der Waals surface area contributed by atoms with Crippen LogP contribution in [-0.4, -0.2) is 41.1 Å². The number of carbonyl (C=O) groups excluding carboxylic acids is 1. The number of carbonyl (C=O) groups is 1. The van der Waals surface area contributed by atoms with Crippen molar-refractivity contribution in [3.8, 4) is 0 Å². The van der Waals surface area contributed by atoms with Crippen LogP contribution in [0.25, 0.3) is 0 Å². The zero-order chi connectivity index (χ0) is 10.6. The van der Waals surface area contributed by atoms with E-state index >= 15 is 0 Å². The summed E-state index contributed by atoms with van der Waals surface area (Å²) >= 11 is 0. The van der Waals surface area contributed by atoms with Crippen molar-refractivity contribution in [2.45, 2.75) is 44.7 Å². The fraction of sp³-hybridized carbons (Fsp3) is 0.900. The molecular weight excluding hydrogens is 180 g/mol. The summed E-state index contributed by atoms with van der Waals surface area (Å²) in [5.41, 5.74) is 5.69. The number of likely N-dealkylation sites (tertiary alicyclic amines) is 1. The summed E-state index contributed by atoms with van der Waals surface area (Å²) in [4.78, 5) is 13.5. The number of piperidine rings is 1. The molecule has 0 aromatic rings. The second-order valence-corrected chi connectivity index (χ2v) is 3.88. The number of nitrogens with two attached hydrogens (primary N) is 1. The molecule has 1 saturated heterocycles. The second kappa shape index (κ2) is 5.32. The van der Waals surface area contributed by atoms with E-state index in [-0.39, 0.29) is 18.6 Å². The van der Waals surface area contributed by atoms with Crippen molar-refractivity contribution in [3.63, 3.8) is 0 Å². The number of rotatable bonds is 3. The molecule has 4 heteroatoms. The third-order valence-corrected chi connectivity index (χ3v) is 2.88. The number of hydrogen-bond donors (Lipinski definition) is 2. The molecule has 1 fully saturated rings. The molecular formula is C10H20N2O2. The number of nitrogens with zero attached hydrogens (tertiary/aromatic N) is 1. The first-order valence-corrected chi connectivity index (χ1v) is 5.37. The Hall–Kier alpha value is -0.610. The van der Waals surface area contributed by atoms with E-state index in [1.807, 2.05) is 6.92 Å². The Morgan fingerprint density at radius 2 is 2.36 bits per heavy atom. The zero-order valence-electron chi connectivity index (χ0n) is 8.78. The summed E-state index contributed by atoms with van der Waals surface area (Å²) < 4.78 is 0. The average molecular weight is 200 g/mol. The van der Waals surface area contributed by atoms with Crippen molar-refractivity contribution in [3.05, 3.63) is 0 Å². The SMILES string of the molecule is CCC(N)C(=O)N1CCCCC1CO. The summed E-state index contributed by atoms with van der Waals surface area (Å²) in [6, 6.07) is -0.406. The lowest BCUT2D eigenvalue weighted by Gasteiger charge is -2.36. The fourth-order valence-corrected chi connectivity index (χ4v) is 1.87. The Labute approximate surface area is 85.1 Å². The normalized spacial score (nSPS) is 24.8. The van der Waals surface area contributed by atoms with Gasteiger partial charge in [-0.2, -0.15) is 0 Å². The van der Waals surface area contributed by atoms with Gasteiger partial charge in [0.25, 0.3) is 0 Å². The molecule has 2 atom stereocenters. The predicted molar refractivity (Wildman–Crippen MR) is 54.7 cm³/mol. The highest BCUT2D eigenvalue weighted by atomic mass is 16.3. The summed E-state index contributed by atoms with van der Waals surface area (Å²) in [7, 11) is 0. The molecule has 3 N–H and O–H groups in total. The third-order valence-electron chi connectivity index (χ3n) is 2.88. The van der Waals surface area contributed by atoms with Gasteiger partial charge in [-0.3, -0.25) is 4.79 Å². The minimum absolute atomic E-state index is 0.00569. The minimum atomic E-state index is -0.401. The van der Waals surface area contributed by atoms with Crippen LogP contribution >= 0.6 is 0 Å². The van der Waals surface area contributed by atoms with Gasteiger partial charge >= 0.3 is 0 Å². The summed E-state index contributed by atoms with van der Waals surface area (Å²) in [6.45, 7) is 2.71. The Kier molecular flexibility index (Phi) is 4.35. The maximum atomic E-state index is 11.8. The monoisotopic (exact) mass is 200 g/mol. The number of aliphatic hydroxyl groups is 1. The quantitative estimate of drug-likeness (QED) is 0.679. The highest BCUT2D eigenvalue weighted by molar-refractivity contribution is 5.82. The van der Waals surface area contributed by atoms with Gasteiger partial charge in [0, 0.05) is 6.54 Å². The van der Waals surface area contributed by atoms with E-state index in [0.717, 1.165) is 25.8 Å². The van der Waals surface area contributed by atoms with Crippen molar-refractivity contribution >= 4 is 5.91 Å². The Bertz CT molecular complexity index is 197. The van der Waals surface area contributed by atoms with E-state index in [1.165, 1.54) is 0 Å². The molecule has 2 unspecified atom stereocenters. The molecule has 1 amide bonds. The number of hydrogen-bond acceptors (Lipinski definition) is 3. The topological polar surface area (TPSA) is 66.6 Å². The van der Waals surface area contributed by atoms with Crippen LogP contribution in [0.15, 0.2) is 0 Å². The van der Waals surface area contributed by atoms with Crippen LogP contribution in [0.1, 0.15) is 32.6 Å². The van der Waals surface area contributed by atoms with Gasteiger partial charge in [0.15, 0.2) is 0 Å². The van der Waals surface area contributed by atoms with Crippen LogP contribution < -0.4 is 5.73 Å². The predicted octanol–water partition coefficient (Wildman–Crippen LogP) is 0.0971. The first-order chi connectivity index (χ1) is 6.70. The van der Waals surface area contributed by atoms with Gasteiger partial charge < -0.3 is 15.7 Å². The lowest BCUT2D eigenvalue weighted by atomic mass is 10.0. The minimum Gasteiger partial charge on any atom is -0.394 e. The first kappa shape index (κ1) is 11.5. The maximum absolute atomic E-state index is 11.8. The third kappa shape index (κ3) is 2.45. The lowest BCUT2D eigenvalue weighted by Crippen LogP contribution is -2.51. The van der Waals surface area contributed by atoms with Gasteiger partial charge in [-0.15, -0.1) is 0 Å².